The van der Waals surface area contributed by atoms with Crippen molar-refractivity contribution in [3.63, 3.8) is 0 Å². The Morgan fingerprint density at radius 3 is 1.38 bits per heavy atom. The highest BCUT2D eigenvalue weighted by Crippen LogP contribution is 2.38. The highest BCUT2D eigenvalue weighted by Gasteiger charge is 2.41. The molecule has 2 N–H and O–H groups in total. The number of hydrogen-bond donors (Lipinski definition) is 2. The van der Waals surface area contributed by atoms with Crippen molar-refractivity contribution in [1.29, 1.82) is 0 Å². The molecule has 0 aliphatic carbocycles. The molecule has 0 bridgehead atoms. The highest BCUT2D eigenvalue weighted by atomic mass is 19.1. The van der Waals surface area contributed by atoms with Crippen molar-refractivity contribution >= 4 is 23.2 Å². The van der Waals surface area contributed by atoms with E-state index in [0.29, 0.717) is 0 Å². The molecule has 0 saturated heterocycles. The molecule has 2 aromatic carbocycles. The summed E-state index contributed by atoms with van der Waals surface area (Å²) in [5.41, 5.74) is 0.474. The standard InChI is InChI=1S/C18H10F2N2O2/c19-11-7-3-1-5-9(11)15-13-14(18(24)21-15)16(22-17(13)23)10-6-2-4-8-12(10)20/h1-8H,(H,21,24)(H,22,23). The Morgan fingerprint density at radius 1 is 0.625 bits per heavy atom. The summed E-state index contributed by atoms with van der Waals surface area (Å²) in [6.45, 7) is 0. The molecule has 118 valence electrons. The predicted molar refractivity (Wildman–Crippen MR) is 82.9 cm³/mol. The first-order valence-corrected chi connectivity index (χ1v) is 7.19. The van der Waals surface area contributed by atoms with E-state index >= 15 is 0 Å². The lowest BCUT2D eigenvalue weighted by molar-refractivity contribution is -0.117. The molecule has 0 saturated carbocycles. The van der Waals surface area contributed by atoms with E-state index in [0.717, 1.165) is 0 Å². The lowest BCUT2D eigenvalue weighted by atomic mass is 10.0. The van der Waals surface area contributed by atoms with E-state index in [-0.39, 0.29) is 33.7 Å². The van der Waals surface area contributed by atoms with Gasteiger partial charge in [0.25, 0.3) is 11.8 Å². The summed E-state index contributed by atoms with van der Waals surface area (Å²) in [7, 11) is 0. The largest absolute Gasteiger partial charge is 0.320 e. The number of carbonyl (C=O) groups excluding carboxylic acids is 2. The number of fused-ring (bicyclic) bond motifs is 1. The van der Waals surface area contributed by atoms with Crippen LogP contribution in [0.4, 0.5) is 8.78 Å². The zero-order chi connectivity index (χ0) is 16.8. The molecular formula is C18H10F2N2O2. The quantitative estimate of drug-likeness (QED) is 0.891. The molecule has 4 nitrogen and oxygen atoms in total. The predicted octanol–water partition coefficient (Wildman–Crippen LogP) is 2.35. The minimum absolute atomic E-state index is 0.0309. The zero-order valence-electron chi connectivity index (χ0n) is 12.2. The third-order valence-corrected chi connectivity index (χ3v) is 3.97. The van der Waals surface area contributed by atoms with E-state index in [9.17, 15) is 18.4 Å². The first-order chi connectivity index (χ1) is 11.6. The molecular weight excluding hydrogens is 314 g/mol. The minimum Gasteiger partial charge on any atom is -0.320 e. The van der Waals surface area contributed by atoms with Gasteiger partial charge in [0, 0.05) is 11.1 Å². The molecule has 0 fully saturated rings. The molecule has 0 atom stereocenters. The van der Waals surface area contributed by atoms with E-state index in [1.165, 1.54) is 36.4 Å². The molecule has 0 unspecified atom stereocenters. The van der Waals surface area contributed by atoms with Crippen molar-refractivity contribution in [2.24, 2.45) is 0 Å². The van der Waals surface area contributed by atoms with Gasteiger partial charge in [-0.3, -0.25) is 9.59 Å². The van der Waals surface area contributed by atoms with Crippen LogP contribution in [0.25, 0.3) is 11.4 Å². The Balaban J connectivity index is 1.96. The number of amides is 2. The summed E-state index contributed by atoms with van der Waals surface area (Å²) in [4.78, 5) is 24.7. The molecule has 2 aliphatic heterocycles. The minimum atomic E-state index is -0.570. The molecule has 2 aromatic rings. The maximum Gasteiger partial charge on any atom is 0.258 e. The molecule has 2 aliphatic rings. The average molecular weight is 324 g/mol. The molecule has 2 amide bonds. The van der Waals surface area contributed by atoms with Gasteiger partial charge in [0.2, 0.25) is 0 Å². The van der Waals surface area contributed by atoms with Gasteiger partial charge in [0.1, 0.15) is 11.6 Å². The number of hydrogen-bond acceptors (Lipinski definition) is 2. The Labute approximate surface area is 135 Å². The molecule has 24 heavy (non-hydrogen) atoms. The maximum atomic E-state index is 14.0. The number of benzene rings is 2. The Bertz CT molecular complexity index is 897. The van der Waals surface area contributed by atoms with Crippen LogP contribution in [0.2, 0.25) is 0 Å². The summed E-state index contributed by atoms with van der Waals surface area (Å²) in [6, 6.07) is 11.6. The number of carbonyl (C=O) groups is 2. The van der Waals surface area contributed by atoms with Crippen molar-refractivity contribution < 1.29 is 18.4 Å². The van der Waals surface area contributed by atoms with Crippen LogP contribution in [0.15, 0.2) is 59.7 Å². The van der Waals surface area contributed by atoms with E-state index in [1.54, 1.807) is 12.1 Å². The van der Waals surface area contributed by atoms with Crippen LogP contribution in [0.1, 0.15) is 11.1 Å². The van der Waals surface area contributed by atoms with Gasteiger partial charge in [0.15, 0.2) is 0 Å². The molecule has 6 heteroatoms. The fourth-order valence-corrected chi connectivity index (χ4v) is 2.91. The number of rotatable bonds is 2. The molecule has 4 rings (SSSR count). The lowest BCUT2D eigenvalue weighted by Crippen LogP contribution is -2.22. The number of halogens is 2. The van der Waals surface area contributed by atoms with Crippen molar-refractivity contribution in [2.45, 2.75) is 0 Å². The van der Waals surface area contributed by atoms with Crippen molar-refractivity contribution in [3.05, 3.63) is 82.4 Å². The fraction of sp³-hybridized carbons (Fsp3) is 0. The van der Waals surface area contributed by atoms with Crippen LogP contribution in [-0.4, -0.2) is 11.8 Å². The maximum absolute atomic E-state index is 14.0. The smallest absolute Gasteiger partial charge is 0.258 e. The first kappa shape index (κ1) is 14.3. The topological polar surface area (TPSA) is 58.2 Å². The molecule has 0 spiro atoms. The van der Waals surface area contributed by atoms with Crippen LogP contribution in [-0.2, 0) is 9.59 Å². The summed E-state index contributed by atoms with van der Waals surface area (Å²) in [5, 5.41) is 5.04. The van der Waals surface area contributed by atoms with Crippen LogP contribution in [0.5, 0.6) is 0 Å². The van der Waals surface area contributed by atoms with Gasteiger partial charge in [-0.1, -0.05) is 24.3 Å². The van der Waals surface area contributed by atoms with Crippen LogP contribution in [0.3, 0.4) is 0 Å². The van der Waals surface area contributed by atoms with Crippen molar-refractivity contribution in [2.75, 3.05) is 0 Å². The van der Waals surface area contributed by atoms with Gasteiger partial charge >= 0.3 is 0 Å². The van der Waals surface area contributed by atoms with Gasteiger partial charge in [-0.25, -0.2) is 8.78 Å². The first-order valence-electron chi connectivity index (χ1n) is 7.19. The Morgan fingerprint density at radius 2 is 1.00 bits per heavy atom. The van der Waals surface area contributed by atoms with E-state index in [1.807, 2.05) is 0 Å². The summed E-state index contributed by atoms with van der Waals surface area (Å²) in [5.74, 6) is -2.26. The zero-order valence-corrected chi connectivity index (χ0v) is 12.2. The van der Waals surface area contributed by atoms with Crippen molar-refractivity contribution in [3.8, 4) is 0 Å². The average Bonchev–Trinajstić information content (AvgIpc) is 3.08. The molecule has 0 aromatic heterocycles. The molecule has 0 radical (unpaired) electrons. The van der Waals surface area contributed by atoms with Crippen LogP contribution >= 0.6 is 0 Å². The monoisotopic (exact) mass is 324 g/mol. The van der Waals surface area contributed by atoms with Crippen molar-refractivity contribution in [1.82, 2.24) is 10.6 Å². The lowest BCUT2D eigenvalue weighted by Gasteiger charge is -2.08. The van der Waals surface area contributed by atoms with Gasteiger partial charge in [-0.05, 0) is 24.3 Å². The second-order valence-electron chi connectivity index (χ2n) is 5.37. The Hall–Kier alpha value is -3.28. The molecule has 2 heterocycles. The van der Waals surface area contributed by atoms with Gasteiger partial charge < -0.3 is 10.6 Å². The van der Waals surface area contributed by atoms with E-state index in [2.05, 4.69) is 10.6 Å². The number of nitrogens with one attached hydrogen (secondary N) is 2. The van der Waals surface area contributed by atoms with Crippen LogP contribution in [0, 0.1) is 11.6 Å². The summed E-state index contributed by atoms with van der Waals surface area (Å²) in [6.07, 6.45) is 0. The van der Waals surface area contributed by atoms with E-state index in [4.69, 9.17) is 0 Å². The summed E-state index contributed by atoms with van der Waals surface area (Å²) < 4.78 is 28.1. The Kier molecular flexibility index (Phi) is 3.06. The second kappa shape index (κ2) is 5.13. The third-order valence-electron chi connectivity index (χ3n) is 3.97. The van der Waals surface area contributed by atoms with Gasteiger partial charge in [0.05, 0.1) is 22.5 Å². The second-order valence-corrected chi connectivity index (χ2v) is 5.37. The van der Waals surface area contributed by atoms with Crippen LogP contribution < -0.4 is 10.6 Å². The van der Waals surface area contributed by atoms with Gasteiger partial charge in [-0.2, -0.15) is 0 Å². The third kappa shape index (κ3) is 1.96. The fourth-order valence-electron chi connectivity index (χ4n) is 2.91. The van der Waals surface area contributed by atoms with Gasteiger partial charge in [-0.15, -0.1) is 0 Å². The SMILES string of the molecule is O=C1NC(c2ccccc2F)=C2C(=O)NC(c3ccccc3F)=C12. The summed E-state index contributed by atoms with van der Waals surface area (Å²) >= 11 is 0. The highest BCUT2D eigenvalue weighted by molar-refractivity contribution is 6.30. The van der Waals surface area contributed by atoms with E-state index < -0.39 is 23.4 Å². The normalized spacial score (nSPS) is 16.4.